The minimum atomic E-state index is -2.39. The molecule has 8 heterocycles. The molecular weight excluding hydrogens is 1690 g/mol. The number of ether oxygens (including phenoxy) is 9. The number of alkyl carbamates (subject to hydrolysis) is 1. The lowest BCUT2D eigenvalue weighted by molar-refractivity contribution is -0.334. The van der Waals surface area contributed by atoms with Gasteiger partial charge in [-0.15, -0.1) is 0 Å². The van der Waals surface area contributed by atoms with Crippen molar-refractivity contribution >= 4 is 70.9 Å². The van der Waals surface area contributed by atoms with Gasteiger partial charge in [0.15, 0.2) is 36.2 Å². The van der Waals surface area contributed by atoms with Gasteiger partial charge < -0.3 is 153 Å². The van der Waals surface area contributed by atoms with Crippen molar-refractivity contribution in [2.75, 3.05) is 20.2 Å². The van der Waals surface area contributed by atoms with Crippen molar-refractivity contribution in [3.05, 3.63) is 118 Å². The van der Waals surface area contributed by atoms with Crippen LogP contribution in [0.15, 0.2) is 84.9 Å². The Morgan fingerprint density at radius 1 is 0.661 bits per heavy atom. The first-order chi connectivity index (χ1) is 60.1. The molecule has 41 heteroatoms. The largest absolute Gasteiger partial charge is 0.508 e. The number of phenols is 3. The second-order valence-electron chi connectivity index (χ2n) is 35.4. The Balaban J connectivity index is 0.929. The van der Waals surface area contributed by atoms with E-state index in [2.05, 4.69) is 47.9 Å². The van der Waals surface area contributed by atoms with E-state index in [9.17, 15) is 75.0 Å². The molecule has 22 atom stereocenters. The quantitative estimate of drug-likeness (QED) is 0.0557. The molecule has 17 rings (SSSR count). The van der Waals surface area contributed by atoms with Gasteiger partial charge in [0.05, 0.1) is 47.9 Å². The van der Waals surface area contributed by atoms with Gasteiger partial charge in [-0.25, -0.2) is 9.59 Å². The predicted octanol–water partition coefficient (Wildman–Crippen LogP) is 1.54. The highest BCUT2D eigenvalue weighted by molar-refractivity contribution is 6.32. The SMILES string of the molecule is CN[C@H](CC(C)C)C(=O)N[C@H]1C(=O)N[C@@H](CC(N)=O)C(=O)N[C@H]2C(=O)N[C@H]3C(=O)N[C@H](C(=O)N[C@H](C(=O)O)c4cc(O)cc(O)c4-c4cc3ccc4O)[C@H](O[C@H]3C[C@](C)(N)[C@@H](O)[C@H](C)O3)c3ccc(cc3)Oc3cc2cc(c3O[C@@H]2O[C@H](CO)[C@@H](O)[C@H](O)[C@H]2O[C@H]2C[C@](C)(NC(=O)CNC(=O)OC34CC5CC(CC(C5)C3)C4)[C@@H](O)[C@H](C)O2)Oc2ccc(cc2Cl)[C@H]1O. The molecule has 0 spiro atoms. The molecule has 23 N–H and O–H groups in total. The van der Waals surface area contributed by atoms with Crippen LogP contribution >= 0.6 is 11.6 Å². The van der Waals surface area contributed by atoms with Crippen molar-refractivity contribution in [2.45, 2.75) is 245 Å². The van der Waals surface area contributed by atoms with Gasteiger partial charge in [0.25, 0.3) is 0 Å². The summed E-state index contributed by atoms with van der Waals surface area (Å²) in [5.74, 6) is -15.4. The highest BCUT2D eigenvalue weighted by Crippen LogP contribution is 2.58. The number of likely N-dealkylation sites (N-methyl/N-ethyl adjacent to an activating group) is 1. The average molecular weight is 1790 g/mol. The number of aliphatic carboxylic acids is 1. The van der Waals surface area contributed by atoms with Crippen LogP contribution in [-0.2, 0) is 71.6 Å². The molecule has 4 aliphatic carbocycles. The maximum Gasteiger partial charge on any atom is 0.408 e. The number of carbonyl (C=O) groups is 10. The second-order valence-corrected chi connectivity index (χ2v) is 35.8. The Labute approximate surface area is 732 Å². The summed E-state index contributed by atoms with van der Waals surface area (Å²) in [6.07, 6.45) is -19.4. The van der Waals surface area contributed by atoms with Crippen LogP contribution in [0, 0.1) is 23.7 Å². The number of benzene rings is 5. The summed E-state index contributed by atoms with van der Waals surface area (Å²) in [5.41, 5.74) is 6.01. The van der Waals surface area contributed by atoms with E-state index < -0.39 is 281 Å². The number of carboxylic acids is 1. The second kappa shape index (κ2) is 37.1. The van der Waals surface area contributed by atoms with Crippen LogP contribution in [0.5, 0.6) is 46.0 Å². The molecule has 5 aromatic rings. The van der Waals surface area contributed by atoms with E-state index in [1.54, 1.807) is 0 Å². The van der Waals surface area contributed by atoms with E-state index in [0.717, 1.165) is 87.1 Å². The Bertz CT molecular complexity index is 5030. The summed E-state index contributed by atoms with van der Waals surface area (Å²) in [6, 6.07) is 1.08. The first kappa shape index (κ1) is 92.4. The first-order valence-corrected chi connectivity index (χ1v) is 42.3. The molecule has 9 amide bonds. The Morgan fingerprint density at radius 3 is 1.91 bits per heavy atom. The van der Waals surface area contributed by atoms with Crippen LogP contribution < -0.4 is 73.5 Å². The normalized spacial score (nSPS) is 33.7. The number of aromatic hydroxyl groups is 3. The fourth-order valence-electron chi connectivity index (χ4n) is 19.2. The number of nitrogens with one attached hydrogen (secondary N) is 9. The number of fused-ring (bicyclic) bond motifs is 15. The summed E-state index contributed by atoms with van der Waals surface area (Å²) in [6.45, 7) is 7.86. The van der Waals surface area contributed by atoms with Crippen LogP contribution in [-0.4, -0.2) is 239 Å². The molecule has 5 aromatic carbocycles. The number of halogens is 1. The van der Waals surface area contributed by atoms with Crippen molar-refractivity contribution in [2.24, 2.45) is 35.1 Å². The number of nitrogens with two attached hydrogens (primary N) is 2. The highest BCUT2D eigenvalue weighted by Gasteiger charge is 2.56. The standard InChI is InChI=1S/C86H106ClN11O29/c1-34(2)16-49(90-7)75(110)96-65-67(105)42-11-15-53(48(87)21-42)122-55-23-43-22-54(71(55)126-82-72(69(107)68(106)56(33-99)123-82)125-60-31-85(6,74(109)36(4)120-60)98-58(104)32-91-83(118)127-86-27-37-17-38(28-86)19-39(18-37)29-86)121-45-12-8-40(9-13-45)70(124-59-30-84(5,89)73(108)35(3)119-59)66-80(115)95-64(81(116)117)47-24-44(100)25-52(102)61(47)46-20-41(10-14-51(46)101)62(77(112)97-66)94-78(113)63(43)93-76(111)50(26-57(88)103)92-79(65)114/h8-15,20-25,34-39,49-50,56,59-60,62-70,72-74,82,90,99-102,105-109H,16-19,26-33,89H2,1-7H3,(H2,88,103)(H,91,118)(H,92,114)(H,93,111)(H,94,113)(H,95,115)(H,96,110)(H,97,112)(H,98,104)(H,116,117)/t35-,36-,37?,38?,39?,49+,50-,56+,59-,60-,62+,63+,64-,65+,66-,67+,68+,69-,70+,72+,73-,74-,82-,84-,85-,86?/m0/s1. The van der Waals surface area contributed by atoms with Crippen molar-refractivity contribution in [3.63, 3.8) is 0 Å². The number of carbonyl (C=O) groups excluding carboxylic acids is 9. The van der Waals surface area contributed by atoms with Crippen molar-refractivity contribution in [3.8, 4) is 57.1 Å². The molecule has 8 aliphatic heterocycles. The number of aliphatic hydroxyl groups excluding tert-OH is 6. The van der Waals surface area contributed by atoms with Crippen LogP contribution in [0.3, 0.4) is 0 Å². The molecule has 127 heavy (non-hydrogen) atoms. The number of aliphatic hydroxyl groups is 6. The van der Waals surface area contributed by atoms with E-state index in [1.807, 2.05) is 13.8 Å². The Kier molecular flexibility index (Phi) is 27.0. The smallest absolute Gasteiger partial charge is 0.408 e. The molecule has 0 radical (unpaired) electrons. The maximum atomic E-state index is 16.5. The predicted molar refractivity (Wildman–Crippen MR) is 440 cm³/mol. The average Bonchev–Trinajstić information content (AvgIpc) is 0.763. The zero-order chi connectivity index (χ0) is 91.5. The van der Waals surface area contributed by atoms with Crippen molar-refractivity contribution < 1.29 is 142 Å². The topological polar surface area (TPSA) is 616 Å². The van der Waals surface area contributed by atoms with Crippen LogP contribution in [0.25, 0.3) is 11.1 Å². The van der Waals surface area contributed by atoms with E-state index in [-0.39, 0.29) is 52.0 Å². The van der Waals surface area contributed by atoms with Crippen LogP contribution in [0.2, 0.25) is 5.02 Å². The molecule has 0 unspecified atom stereocenters. The number of rotatable bonds is 19. The van der Waals surface area contributed by atoms with Gasteiger partial charge in [-0.05, 0) is 180 Å². The van der Waals surface area contributed by atoms with Gasteiger partial charge in [-0.1, -0.05) is 49.7 Å². The van der Waals surface area contributed by atoms with Gasteiger partial charge >= 0.3 is 12.1 Å². The van der Waals surface area contributed by atoms with E-state index in [4.69, 9.17) is 65.7 Å². The van der Waals surface area contributed by atoms with Gasteiger partial charge in [-0.2, -0.15) is 0 Å². The molecule has 40 nitrogen and oxygen atoms in total. The molecule has 7 fully saturated rings. The van der Waals surface area contributed by atoms with E-state index in [0.29, 0.717) is 17.8 Å². The zero-order valence-corrected chi connectivity index (χ0v) is 70.9. The first-order valence-electron chi connectivity index (χ1n) is 41.9. The third-order valence-corrected chi connectivity index (χ3v) is 25.4. The molecule has 4 saturated carbocycles. The third-order valence-electron chi connectivity index (χ3n) is 25.1. The van der Waals surface area contributed by atoms with E-state index in [1.165, 1.54) is 71.1 Å². The monoisotopic (exact) mass is 1790 g/mol. The maximum absolute atomic E-state index is 16.5. The van der Waals surface area contributed by atoms with Gasteiger partial charge in [0, 0.05) is 41.1 Å². The number of primary amides is 1. The van der Waals surface area contributed by atoms with Gasteiger partial charge in [0.1, 0.15) is 108 Å². The molecule has 3 saturated heterocycles. The molecule has 12 aliphatic rings. The molecule has 0 aromatic heterocycles. The number of carboxylic acid groups (broad SMARTS) is 1. The lowest BCUT2D eigenvalue weighted by Crippen LogP contribution is -2.66. The highest BCUT2D eigenvalue weighted by atomic mass is 35.5. The van der Waals surface area contributed by atoms with Crippen LogP contribution in [0.1, 0.15) is 164 Å². The summed E-state index contributed by atoms with van der Waals surface area (Å²) >= 11 is 7.21. The summed E-state index contributed by atoms with van der Waals surface area (Å²) < 4.78 is 58.6. The Morgan fingerprint density at radius 2 is 1.28 bits per heavy atom. The third kappa shape index (κ3) is 19.8. The minimum absolute atomic E-state index is 0.0689. The number of phenolic OH excluding ortho intramolecular Hbond substituents is 3. The summed E-state index contributed by atoms with van der Waals surface area (Å²) in [7, 11) is 1.47. The molecular formula is C86H106ClN11O29. The fraction of sp³-hybridized carbons (Fsp3) is 0.535. The minimum Gasteiger partial charge on any atom is -0.508 e. The Hall–Kier alpha value is -10.8. The lowest BCUT2D eigenvalue weighted by atomic mass is 9.54. The van der Waals surface area contributed by atoms with Gasteiger partial charge in [-0.3, -0.25) is 38.4 Å². The number of hydrogen-bond acceptors (Lipinski definition) is 30. The zero-order valence-electron chi connectivity index (χ0n) is 70.2. The number of amides is 9. The van der Waals surface area contributed by atoms with Gasteiger partial charge in [0.2, 0.25) is 59.3 Å². The molecule has 686 valence electrons. The number of hydrogen-bond donors (Lipinski definition) is 21. The summed E-state index contributed by atoms with van der Waals surface area (Å²) in [4.78, 5) is 148. The van der Waals surface area contributed by atoms with Crippen LogP contribution in [0.4, 0.5) is 4.79 Å². The van der Waals surface area contributed by atoms with E-state index >= 15 is 24.0 Å². The fourth-order valence-corrected chi connectivity index (χ4v) is 19.4. The van der Waals surface area contributed by atoms with Crippen molar-refractivity contribution in [1.82, 2.24) is 47.9 Å². The summed E-state index contributed by atoms with van der Waals surface area (Å²) in [5, 5.41) is 140. The molecule has 15 bridgehead atoms. The lowest BCUT2D eigenvalue weighted by Gasteiger charge is -2.55. The van der Waals surface area contributed by atoms with Crippen molar-refractivity contribution in [1.29, 1.82) is 0 Å².